The predicted molar refractivity (Wildman–Crippen MR) is 98.9 cm³/mol. The van der Waals surface area contributed by atoms with Crippen molar-refractivity contribution in [3.63, 3.8) is 0 Å². The lowest BCUT2D eigenvalue weighted by atomic mass is 9.77. The van der Waals surface area contributed by atoms with Gasteiger partial charge in [0.15, 0.2) is 17.3 Å². The fourth-order valence-electron chi connectivity index (χ4n) is 3.35. The van der Waals surface area contributed by atoms with Gasteiger partial charge in [-0.1, -0.05) is 17.5 Å². The Kier molecular flexibility index (Phi) is 5.30. The van der Waals surface area contributed by atoms with Crippen LogP contribution in [0.25, 0.3) is 0 Å². The highest BCUT2D eigenvalue weighted by Gasteiger charge is 2.38. The summed E-state index contributed by atoms with van der Waals surface area (Å²) in [5, 5.41) is 9.88. The van der Waals surface area contributed by atoms with Gasteiger partial charge in [0.25, 0.3) is 0 Å². The molecule has 0 saturated heterocycles. The Morgan fingerprint density at radius 3 is 2.89 bits per heavy atom. The van der Waals surface area contributed by atoms with Crippen LogP contribution in [0.4, 0.5) is 0 Å². The van der Waals surface area contributed by atoms with Crippen LogP contribution < -0.4 is 15.2 Å². The second-order valence-electron chi connectivity index (χ2n) is 6.07. The van der Waals surface area contributed by atoms with E-state index in [0.717, 1.165) is 0 Å². The standard InChI is InChI=1S/C20H17ClN2O4/c1-3-7-26-19-13(21)8-11(9-16(19)25-2)17-12(10-22)20(23)27-15-6-4-5-14(24)18(15)17/h1,8-9,17H,4-7,23H2,2H3/t17-/m1/s1. The molecular formula is C20H17ClN2O4. The molecule has 0 spiro atoms. The molecule has 0 bridgehead atoms. The molecule has 1 aliphatic carbocycles. The van der Waals surface area contributed by atoms with Gasteiger partial charge in [-0.2, -0.15) is 5.26 Å². The molecule has 138 valence electrons. The Labute approximate surface area is 162 Å². The Morgan fingerprint density at radius 2 is 2.22 bits per heavy atom. The Balaban J connectivity index is 2.17. The van der Waals surface area contributed by atoms with Gasteiger partial charge < -0.3 is 19.9 Å². The summed E-state index contributed by atoms with van der Waals surface area (Å²) in [5.41, 5.74) is 7.16. The van der Waals surface area contributed by atoms with E-state index in [1.807, 2.05) is 0 Å². The van der Waals surface area contributed by atoms with Crippen LogP contribution in [0.15, 0.2) is 34.9 Å². The molecule has 3 rings (SSSR count). The molecule has 27 heavy (non-hydrogen) atoms. The fourth-order valence-corrected chi connectivity index (χ4v) is 3.62. The van der Waals surface area contributed by atoms with Gasteiger partial charge in [-0.3, -0.25) is 4.79 Å². The number of nitrogens with zero attached hydrogens (tertiary/aromatic N) is 1. The summed E-state index contributed by atoms with van der Waals surface area (Å²) >= 11 is 6.37. The number of allylic oxidation sites excluding steroid dienone is 3. The van der Waals surface area contributed by atoms with E-state index in [4.69, 9.17) is 38.0 Å². The first-order chi connectivity index (χ1) is 13.0. The number of terminal acetylenes is 1. The lowest BCUT2D eigenvalue weighted by molar-refractivity contribution is -0.116. The number of methoxy groups -OCH3 is 1. The van der Waals surface area contributed by atoms with Crippen LogP contribution in [0.1, 0.15) is 30.7 Å². The monoisotopic (exact) mass is 384 g/mol. The van der Waals surface area contributed by atoms with Gasteiger partial charge in [0.1, 0.15) is 24.0 Å². The van der Waals surface area contributed by atoms with Gasteiger partial charge in [-0.15, -0.1) is 6.42 Å². The zero-order valence-corrected chi connectivity index (χ0v) is 15.4. The van der Waals surface area contributed by atoms with Crippen LogP contribution in [0.2, 0.25) is 5.02 Å². The molecule has 7 heteroatoms. The summed E-state index contributed by atoms with van der Waals surface area (Å²) in [6, 6.07) is 5.36. The minimum atomic E-state index is -0.667. The average Bonchev–Trinajstić information content (AvgIpc) is 2.65. The maximum absolute atomic E-state index is 12.6. The molecule has 0 fully saturated rings. The fraction of sp³-hybridized carbons (Fsp3) is 0.300. The van der Waals surface area contributed by atoms with Gasteiger partial charge in [0, 0.05) is 18.4 Å². The number of benzene rings is 1. The van der Waals surface area contributed by atoms with Crippen LogP contribution in [0, 0.1) is 23.7 Å². The molecule has 1 heterocycles. The molecule has 0 unspecified atom stereocenters. The first kappa shape index (κ1) is 18.7. The maximum Gasteiger partial charge on any atom is 0.205 e. The van der Waals surface area contributed by atoms with Gasteiger partial charge >= 0.3 is 0 Å². The zero-order valence-electron chi connectivity index (χ0n) is 14.7. The number of carbonyl (C=O) groups excluding carboxylic acids is 1. The van der Waals surface area contributed by atoms with Crippen LogP contribution in [0.5, 0.6) is 11.5 Å². The number of rotatable bonds is 4. The number of nitrogens with two attached hydrogens (primary N) is 1. The molecule has 2 N–H and O–H groups in total. The topological polar surface area (TPSA) is 94.6 Å². The molecular weight excluding hydrogens is 368 g/mol. The lowest BCUT2D eigenvalue weighted by Gasteiger charge is -2.31. The lowest BCUT2D eigenvalue weighted by Crippen LogP contribution is -2.27. The first-order valence-corrected chi connectivity index (χ1v) is 8.67. The highest BCUT2D eigenvalue weighted by Crippen LogP contribution is 2.46. The average molecular weight is 385 g/mol. The quantitative estimate of drug-likeness (QED) is 0.801. The van der Waals surface area contributed by atoms with E-state index in [2.05, 4.69) is 12.0 Å². The number of Topliss-reactive ketones (excluding diaryl/α,β-unsaturated/α-hetero) is 1. The smallest absolute Gasteiger partial charge is 0.205 e. The van der Waals surface area contributed by atoms with Crippen molar-refractivity contribution in [1.82, 2.24) is 0 Å². The molecule has 0 aromatic heterocycles. The van der Waals surface area contributed by atoms with E-state index in [1.54, 1.807) is 12.1 Å². The number of nitriles is 1. The third-order valence-electron chi connectivity index (χ3n) is 4.49. The van der Waals surface area contributed by atoms with Gasteiger partial charge in [-0.25, -0.2) is 0 Å². The van der Waals surface area contributed by atoms with Gasteiger partial charge in [0.05, 0.1) is 18.1 Å². The second-order valence-corrected chi connectivity index (χ2v) is 6.47. The summed E-state index contributed by atoms with van der Waals surface area (Å²) in [7, 11) is 1.47. The zero-order chi connectivity index (χ0) is 19.6. The van der Waals surface area contributed by atoms with Crippen LogP contribution in [-0.2, 0) is 9.53 Å². The molecule has 1 aromatic carbocycles. The van der Waals surface area contributed by atoms with Gasteiger partial charge in [-0.05, 0) is 24.1 Å². The summed E-state index contributed by atoms with van der Waals surface area (Å²) in [6.45, 7) is 0.0246. The first-order valence-electron chi connectivity index (χ1n) is 8.29. The molecule has 1 aromatic rings. The van der Waals surface area contributed by atoms with Crippen LogP contribution >= 0.6 is 11.6 Å². The summed E-state index contributed by atoms with van der Waals surface area (Å²) < 4.78 is 16.4. The van der Waals surface area contributed by atoms with E-state index in [0.29, 0.717) is 47.7 Å². The Morgan fingerprint density at radius 1 is 1.44 bits per heavy atom. The largest absolute Gasteiger partial charge is 0.493 e. The number of halogens is 1. The highest BCUT2D eigenvalue weighted by molar-refractivity contribution is 6.32. The van der Waals surface area contributed by atoms with E-state index in [9.17, 15) is 10.1 Å². The summed E-state index contributed by atoms with van der Waals surface area (Å²) in [6.07, 6.45) is 6.90. The number of hydrogen-bond donors (Lipinski definition) is 1. The van der Waals surface area contributed by atoms with Crippen molar-refractivity contribution in [2.75, 3.05) is 13.7 Å². The molecule has 0 radical (unpaired) electrons. The van der Waals surface area contributed by atoms with E-state index in [1.165, 1.54) is 7.11 Å². The highest BCUT2D eigenvalue weighted by atomic mass is 35.5. The maximum atomic E-state index is 12.6. The predicted octanol–water partition coefficient (Wildman–Crippen LogP) is 3.18. The van der Waals surface area contributed by atoms with Crippen molar-refractivity contribution < 1.29 is 19.0 Å². The number of carbonyl (C=O) groups is 1. The molecule has 1 atom stereocenters. The van der Waals surface area contributed by atoms with Crippen molar-refractivity contribution >= 4 is 17.4 Å². The molecule has 1 aliphatic heterocycles. The van der Waals surface area contributed by atoms with E-state index < -0.39 is 5.92 Å². The molecule has 0 saturated carbocycles. The second kappa shape index (κ2) is 7.65. The van der Waals surface area contributed by atoms with Crippen LogP contribution in [0.3, 0.4) is 0 Å². The van der Waals surface area contributed by atoms with Crippen molar-refractivity contribution in [3.05, 3.63) is 45.5 Å². The Bertz CT molecular complexity index is 950. The number of hydrogen-bond acceptors (Lipinski definition) is 6. The van der Waals surface area contributed by atoms with Crippen molar-refractivity contribution in [2.24, 2.45) is 5.73 Å². The minimum Gasteiger partial charge on any atom is -0.493 e. The van der Waals surface area contributed by atoms with Crippen molar-refractivity contribution in [2.45, 2.75) is 25.2 Å². The Hall–Kier alpha value is -3.09. The minimum absolute atomic E-state index is 0.00121. The van der Waals surface area contributed by atoms with Crippen LogP contribution in [-0.4, -0.2) is 19.5 Å². The normalized spacial score (nSPS) is 19.0. The van der Waals surface area contributed by atoms with E-state index in [-0.39, 0.29) is 28.9 Å². The third kappa shape index (κ3) is 3.32. The SMILES string of the molecule is C#CCOc1c(Cl)cc([C@@H]2C(C#N)=C(N)OC3=C2C(=O)CCC3)cc1OC. The molecule has 2 aliphatic rings. The molecule has 0 amide bonds. The number of ether oxygens (including phenoxy) is 3. The molecule has 6 nitrogen and oxygen atoms in total. The third-order valence-corrected chi connectivity index (χ3v) is 4.77. The number of ketones is 1. The van der Waals surface area contributed by atoms with Crippen molar-refractivity contribution in [1.29, 1.82) is 5.26 Å². The van der Waals surface area contributed by atoms with Crippen molar-refractivity contribution in [3.8, 4) is 29.9 Å². The summed E-state index contributed by atoms with van der Waals surface area (Å²) in [5.74, 6) is 2.79. The van der Waals surface area contributed by atoms with Gasteiger partial charge in [0.2, 0.25) is 5.88 Å². The van der Waals surface area contributed by atoms with E-state index >= 15 is 0 Å². The summed E-state index contributed by atoms with van der Waals surface area (Å²) in [4.78, 5) is 12.6.